The van der Waals surface area contributed by atoms with Crippen LogP contribution >= 0.6 is 28.1 Å². The Morgan fingerprint density at radius 2 is 2.18 bits per heavy atom. The zero-order valence-corrected chi connectivity index (χ0v) is 12.5. The summed E-state index contributed by atoms with van der Waals surface area (Å²) in [4.78, 5) is 2.48. The number of hydrogen-bond acceptors (Lipinski definition) is 3. The highest BCUT2D eigenvalue weighted by Crippen LogP contribution is 2.23. The van der Waals surface area contributed by atoms with Crippen LogP contribution in [0.3, 0.4) is 0 Å². The van der Waals surface area contributed by atoms with Gasteiger partial charge < -0.3 is 15.4 Å². The van der Waals surface area contributed by atoms with Crippen LogP contribution in [0.5, 0.6) is 5.75 Å². The maximum absolute atomic E-state index is 5.69. The van der Waals surface area contributed by atoms with Crippen molar-refractivity contribution in [1.29, 1.82) is 0 Å². The third-order valence-corrected chi connectivity index (χ3v) is 2.93. The summed E-state index contributed by atoms with van der Waals surface area (Å²) in [6.45, 7) is 1.66. The second kappa shape index (κ2) is 6.93. The monoisotopic (exact) mass is 316 g/mol. The van der Waals surface area contributed by atoms with Gasteiger partial charge in [0.1, 0.15) is 10.7 Å². The molecule has 0 heterocycles. The van der Waals surface area contributed by atoms with Gasteiger partial charge in [0.15, 0.2) is 0 Å². The Balaban J connectivity index is 2.61. The van der Waals surface area contributed by atoms with Crippen LogP contribution in [0.25, 0.3) is 0 Å². The van der Waals surface area contributed by atoms with E-state index in [0.717, 1.165) is 28.8 Å². The zero-order chi connectivity index (χ0) is 12.8. The summed E-state index contributed by atoms with van der Waals surface area (Å²) < 4.78 is 6.63. The van der Waals surface area contributed by atoms with Crippen LogP contribution in [0.15, 0.2) is 22.7 Å². The lowest BCUT2D eigenvalue weighted by Gasteiger charge is -2.13. The Bertz CT molecular complexity index is 396. The average Bonchev–Trinajstić information content (AvgIpc) is 2.25. The van der Waals surface area contributed by atoms with E-state index < -0.39 is 0 Å². The summed E-state index contributed by atoms with van der Waals surface area (Å²) in [5.74, 6) is 0.749. The number of ether oxygens (including phenoxy) is 1. The first-order valence-corrected chi connectivity index (χ1v) is 6.57. The lowest BCUT2D eigenvalue weighted by Crippen LogP contribution is -2.16. The quantitative estimate of drug-likeness (QED) is 0.646. The minimum atomic E-state index is 0.355. The molecule has 0 saturated carbocycles. The van der Waals surface area contributed by atoms with Crippen LogP contribution in [0.1, 0.15) is 12.0 Å². The van der Waals surface area contributed by atoms with Gasteiger partial charge in [-0.1, -0.05) is 28.1 Å². The predicted molar refractivity (Wildman–Crippen MR) is 78.7 cm³/mol. The molecule has 5 heteroatoms. The molecular formula is C12H17BrN2OS. The number of halogens is 1. The van der Waals surface area contributed by atoms with E-state index >= 15 is 0 Å². The molecule has 0 unspecified atom stereocenters. The first kappa shape index (κ1) is 14.4. The van der Waals surface area contributed by atoms with Crippen molar-refractivity contribution in [2.75, 3.05) is 27.2 Å². The van der Waals surface area contributed by atoms with Gasteiger partial charge in [0.05, 0.1) is 12.2 Å². The standard InChI is InChI=1S/C12H17BrN2OS/c1-15(2)6-3-7-16-11-5-4-9(13)8-10(11)12(14)17/h4-5,8H,3,6-7H2,1-2H3,(H2,14,17). The van der Waals surface area contributed by atoms with Crippen LogP contribution in [0.4, 0.5) is 0 Å². The molecule has 17 heavy (non-hydrogen) atoms. The highest BCUT2D eigenvalue weighted by Gasteiger charge is 2.07. The van der Waals surface area contributed by atoms with Gasteiger partial charge in [-0.15, -0.1) is 0 Å². The van der Waals surface area contributed by atoms with E-state index in [2.05, 4.69) is 20.8 Å². The minimum absolute atomic E-state index is 0.355. The van der Waals surface area contributed by atoms with E-state index in [9.17, 15) is 0 Å². The second-order valence-electron chi connectivity index (χ2n) is 4.01. The molecule has 0 radical (unpaired) electrons. The molecule has 1 aromatic carbocycles. The Kier molecular flexibility index (Phi) is 5.88. The molecule has 0 aliphatic carbocycles. The normalized spacial score (nSPS) is 10.6. The van der Waals surface area contributed by atoms with Gasteiger partial charge in [-0.2, -0.15) is 0 Å². The highest BCUT2D eigenvalue weighted by molar-refractivity contribution is 9.10. The Morgan fingerprint density at radius 3 is 2.76 bits per heavy atom. The molecule has 0 aliphatic heterocycles. The molecule has 0 aromatic heterocycles. The summed E-state index contributed by atoms with van der Waals surface area (Å²) >= 11 is 8.39. The summed E-state index contributed by atoms with van der Waals surface area (Å²) in [6.07, 6.45) is 0.972. The number of benzene rings is 1. The van der Waals surface area contributed by atoms with Crippen molar-refractivity contribution in [2.24, 2.45) is 5.73 Å². The van der Waals surface area contributed by atoms with Crippen molar-refractivity contribution in [3.63, 3.8) is 0 Å². The van der Waals surface area contributed by atoms with Gasteiger partial charge in [0.2, 0.25) is 0 Å². The fourth-order valence-electron chi connectivity index (χ4n) is 1.38. The SMILES string of the molecule is CN(C)CCCOc1ccc(Br)cc1C(N)=S. The van der Waals surface area contributed by atoms with E-state index in [1.54, 1.807) is 0 Å². The lowest BCUT2D eigenvalue weighted by atomic mass is 10.2. The molecule has 0 saturated heterocycles. The van der Waals surface area contributed by atoms with Gasteiger partial charge >= 0.3 is 0 Å². The van der Waals surface area contributed by atoms with Crippen molar-refractivity contribution in [2.45, 2.75) is 6.42 Å². The molecule has 0 bridgehead atoms. The smallest absolute Gasteiger partial charge is 0.129 e. The van der Waals surface area contributed by atoms with E-state index in [1.807, 2.05) is 32.3 Å². The van der Waals surface area contributed by atoms with E-state index in [-0.39, 0.29) is 0 Å². The van der Waals surface area contributed by atoms with Gasteiger partial charge in [0.25, 0.3) is 0 Å². The molecule has 0 amide bonds. The number of rotatable bonds is 6. The summed E-state index contributed by atoms with van der Waals surface area (Å²) in [7, 11) is 4.08. The largest absolute Gasteiger partial charge is 0.493 e. The van der Waals surface area contributed by atoms with E-state index in [0.29, 0.717) is 11.6 Å². The third kappa shape index (κ3) is 5.02. The van der Waals surface area contributed by atoms with Crippen LogP contribution in [-0.4, -0.2) is 37.1 Å². The van der Waals surface area contributed by atoms with Gasteiger partial charge in [0, 0.05) is 11.0 Å². The van der Waals surface area contributed by atoms with Gasteiger partial charge in [-0.05, 0) is 38.7 Å². The minimum Gasteiger partial charge on any atom is -0.493 e. The number of thiocarbonyl (C=S) groups is 1. The van der Waals surface area contributed by atoms with Gasteiger partial charge in [-0.25, -0.2) is 0 Å². The first-order valence-electron chi connectivity index (χ1n) is 5.37. The number of nitrogens with two attached hydrogens (primary N) is 1. The van der Waals surface area contributed by atoms with Crippen LogP contribution < -0.4 is 10.5 Å². The topological polar surface area (TPSA) is 38.5 Å². The van der Waals surface area contributed by atoms with Crippen molar-refractivity contribution in [3.8, 4) is 5.75 Å². The molecular weight excluding hydrogens is 300 g/mol. The van der Waals surface area contributed by atoms with E-state index in [4.69, 9.17) is 22.7 Å². The molecule has 0 aliphatic rings. The van der Waals surface area contributed by atoms with Crippen LogP contribution in [0, 0.1) is 0 Å². The molecule has 94 valence electrons. The predicted octanol–water partition coefficient (Wildman–Crippen LogP) is 2.41. The Morgan fingerprint density at radius 1 is 1.47 bits per heavy atom. The fraction of sp³-hybridized carbons (Fsp3) is 0.417. The zero-order valence-electron chi connectivity index (χ0n) is 10.1. The molecule has 0 atom stereocenters. The summed E-state index contributed by atoms with van der Waals surface area (Å²) in [5.41, 5.74) is 6.44. The molecule has 0 fully saturated rings. The van der Waals surface area contributed by atoms with Crippen molar-refractivity contribution < 1.29 is 4.74 Å². The van der Waals surface area contributed by atoms with Crippen molar-refractivity contribution in [1.82, 2.24) is 4.90 Å². The molecule has 1 rings (SSSR count). The van der Waals surface area contributed by atoms with Crippen LogP contribution in [0.2, 0.25) is 0 Å². The maximum Gasteiger partial charge on any atom is 0.129 e. The van der Waals surface area contributed by atoms with Crippen molar-refractivity contribution in [3.05, 3.63) is 28.2 Å². The van der Waals surface area contributed by atoms with Gasteiger partial charge in [-0.3, -0.25) is 0 Å². The second-order valence-corrected chi connectivity index (χ2v) is 5.37. The number of hydrogen-bond donors (Lipinski definition) is 1. The highest BCUT2D eigenvalue weighted by atomic mass is 79.9. The third-order valence-electron chi connectivity index (χ3n) is 2.21. The Labute approximate surface area is 116 Å². The Hall–Kier alpha value is -0.650. The fourth-order valence-corrected chi connectivity index (χ4v) is 1.90. The van der Waals surface area contributed by atoms with Crippen molar-refractivity contribution >= 4 is 33.1 Å². The summed E-state index contributed by atoms with van der Waals surface area (Å²) in [5, 5.41) is 0. The molecule has 0 spiro atoms. The summed E-state index contributed by atoms with van der Waals surface area (Å²) in [6, 6.07) is 5.68. The average molecular weight is 317 g/mol. The maximum atomic E-state index is 5.69. The van der Waals surface area contributed by atoms with Crippen LogP contribution in [-0.2, 0) is 0 Å². The molecule has 1 aromatic rings. The number of nitrogens with zero attached hydrogens (tertiary/aromatic N) is 1. The molecule has 2 N–H and O–H groups in total. The first-order chi connectivity index (χ1) is 8.00. The van der Waals surface area contributed by atoms with E-state index in [1.165, 1.54) is 0 Å². The lowest BCUT2D eigenvalue weighted by molar-refractivity contribution is 0.281. The molecule has 3 nitrogen and oxygen atoms in total.